The summed E-state index contributed by atoms with van der Waals surface area (Å²) in [6.45, 7) is 7.44. The Bertz CT molecular complexity index is 150. The van der Waals surface area contributed by atoms with Crippen molar-refractivity contribution in [1.82, 2.24) is 9.80 Å². The molecule has 0 amide bonds. The Morgan fingerprint density at radius 3 is 2.55 bits per heavy atom. The molecule has 2 aliphatic heterocycles. The van der Waals surface area contributed by atoms with Crippen molar-refractivity contribution in [3.63, 3.8) is 0 Å². The van der Waals surface area contributed by atoms with Gasteiger partial charge in [-0.25, -0.2) is 0 Å². The van der Waals surface area contributed by atoms with Crippen LogP contribution in [0.3, 0.4) is 0 Å². The smallest absolute Gasteiger partial charge is 0.0460 e. The zero-order valence-electron chi connectivity index (χ0n) is 7.64. The summed E-state index contributed by atoms with van der Waals surface area (Å²) in [6.07, 6.45) is 2.84. The Morgan fingerprint density at radius 2 is 2.09 bits per heavy atom. The fourth-order valence-electron chi connectivity index (χ4n) is 2.48. The van der Waals surface area contributed by atoms with Gasteiger partial charge in [-0.2, -0.15) is 0 Å². The molecule has 11 heavy (non-hydrogen) atoms. The molecule has 0 radical (unpaired) electrons. The van der Waals surface area contributed by atoms with Crippen molar-refractivity contribution in [3.05, 3.63) is 0 Å². The van der Waals surface area contributed by atoms with Crippen molar-refractivity contribution < 1.29 is 0 Å². The number of hydrogen-bond acceptors (Lipinski definition) is 2. The van der Waals surface area contributed by atoms with E-state index in [0.29, 0.717) is 5.54 Å². The van der Waals surface area contributed by atoms with Crippen LogP contribution in [0.15, 0.2) is 0 Å². The lowest BCUT2D eigenvalue weighted by atomic mass is 9.87. The Morgan fingerprint density at radius 1 is 1.36 bits per heavy atom. The third-order valence-corrected chi connectivity index (χ3v) is 3.43. The molecular weight excluding hydrogens is 136 g/mol. The predicted molar refractivity (Wildman–Crippen MR) is 46.7 cm³/mol. The van der Waals surface area contributed by atoms with E-state index in [0.717, 1.165) is 0 Å². The molecule has 2 fully saturated rings. The molecule has 1 spiro atoms. The molecule has 0 aromatic heterocycles. The molecule has 2 aliphatic rings. The van der Waals surface area contributed by atoms with Crippen molar-refractivity contribution >= 4 is 0 Å². The SMILES string of the molecule is CCN1CC2(CCCN2C)C1. The average molecular weight is 154 g/mol. The van der Waals surface area contributed by atoms with Crippen LogP contribution in [0.2, 0.25) is 0 Å². The Hall–Kier alpha value is -0.0800. The van der Waals surface area contributed by atoms with Gasteiger partial charge < -0.3 is 0 Å². The van der Waals surface area contributed by atoms with E-state index in [1.165, 1.54) is 39.0 Å². The van der Waals surface area contributed by atoms with Crippen molar-refractivity contribution in [3.8, 4) is 0 Å². The molecule has 2 saturated heterocycles. The molecule has 0 atom stereocenters. The van der Waals surface area contributed by atoms with Crippen LogP contribution < -0.4 is 0 Å². The summed E-state index contributed by atoms with van der Waals surface area (Å²) in [5, 5.41) is 0. The van der Waals surface area contributed by atoms with E-state index in [1.54, 1.807) is 0 Å². The summed E-state index contributed by atoms with van der Waals surface area (Å²) >= 11 is 0. The molecular formula is C9H18N2. The van der Waals surface area contributed by atoms with Gasteiger partial charge in [-0.1, -0.05) is 6.92 Å². The van der Waals surface area contributed by atoms with Gasteiger partial charge in [-0.15, -0.1) is 0 Å². The molecule has 2 heterocycles. The number of likely N-dealkylation sites (N-methyl/N-ethyl adjacent to an activating group) is 2. The van der Waals surface area contributed by atoms with Crippen LogP contribution in [0.25, 0.3) is 0 Å². The number of nitrogens with zero attached hydrogens (tertiary/aromatic N) is 2. The van der Waals surface area contributed by atoms with Crippen LogP contribution in [0, 0.1) is 0 Å². The van der Waals surface area contributed by atoms with Crippen molar-refractivity contribution in [1.29, 1.82) is 0 Å². The lowest BCUT2D eigenvalue weighted by Crippen LogP contribution is -2.66. The van der Waals surface area contributed by atoms with Crippen molar-refractivity contribution in [2.24, 2.45) is 0 Å². The minimum atomic E-state index is 0.607. The van der Waals surface area contributed by atoms with E-state index >= 15 is 0 Å². The van der Waals surface area contributed by atoms with Crippen molar-refractivity contribution in [2.45, 2.75) is 25.3 Å². The molecule has 0 bridgehead atoms. The topological polar surface area (TPSA) is 6.48 Å². The highest BCUT2D eigenvalue weighted by atomic mass is 15.3. The summed E-state index contributed by atoms with van der Waals surface area (Å²) in [7, 11) is 2.28. The lowest BCUT2D eigenvalue weighted by molar-refractivity contribution is -0.0129. The fraction of sp³-hybridized carbons (Fsp3) is 1.00. The number of hydrogen-bond donors (Lipinski definition) is 0. The Labute approximate surface area is 69.2 Å². The maximum atomic E-state index is 2.55. The summed E-state index contributed by atoms with van der Waals surface area (Å²) < 4.78 is 0. The van der Waals surface area contributed by atoms with Gasteiger partial charge in [0.1, 0.15) is 0 Å². The van der Waals surface area contributed by atoms with Gasteiger partial charge in [-0.05, 0) is 33.0 Å². The minimum Gasteiger partial charge on any atom is -0.300 e. The molecule has 0 aliphatic carbocycles. The van der Waals surface area contributed by atoms with E-state index in [1.807, 2.05) is 0 Å². The molecule has 2 nitrogen and oxygen atoms in total. The van der Waals surface area contributed by atoms with Crippen molar-refractivity contribution in [2.75, 3.05) is 33.2 Å². The van der Waals surface area contributed by atoms with Gasteiger partial charge in [0.05, 0.1) is 0 Å². The van der Waals surface area contributed by atoms with Crippen LogP contribution >= 0.6 is 0 Å². The molecule has 0 saturated carbocycles. The third-order valence-electron chi connectivity index (χ3n) is 3.43. The van der Waals surface area contributed by atoms with E-state index in [9.17, 15) is 0 Å². The van der Waals surface area contributed by atoms with E-state index in [-0.39, 0.29) is 0 Å². The molecule has 2 rings (SSSR count). The van der Waals surface area contributed by atoms with Gasteiger partial charge in [0, 0.05) is 18.6 Å². The van der Waals surface area contributed by atoms with Crippen LogP contribution in [0.1, 0.15) is 19.8 Å². The number of rotatable bonds is 1. The predicted octanol–water partition coefficient (Wildman–Crippen LogP) is 0.786. The van der Waals surface area contributed by atoms with Crippen LogP contribution in [-0.4, -0.2) is 48.6 Å². The van der Waals surface area contributed by atoms with Crippen LogP contribution in [0.4, 0.5) is 0 Å². The highest BCUT2D eigenvalue weighted by molar-refractivity contribution is 5.05. The maximum Gasteiger partial charge on any atom is 0.0460 e. The summed E-state index contributed by atoms with van der Waals surface area (Å²) in [5.74, 6) is 0. The summed E-state index contributed by atoms with van der Waals surface area (Å²) in [4.78, 5) is 5.08. The van der Waals surface area contributed by atoms with Gasteiger partial charge in [-0.3, -0.25) is 9.80 Å². The zero-order valence-corrected chi connectivity index (χ0v) is 7.64. The summed E-state index contributed by atoms with van der Waals surface area (Å²) in [5.41, 5.74) is 0.607. The largest absolute Gasteiger partial charge is 0.300 e. The Kier molecular flexibility index (Phi) is 1.69. The van der Waals surface area contributed by atoms with Gasteiger partial charge >= 0.3 is 0 Å². The first-order valence-corrected chi connectivity index (χ1v) is 4.70. The highest BCUT2D eigenvalue weighted by Crippen LogP contribution is 2.35. The monoisotopic (exact) mass is 154 g/mol. The lowest BCUT2D eigenvalue weighted by Gasteiger charge is -2.51. The van der Waals surface area contributed by atoms with Crippen LogP contribution in [0.5, 0.6) is 0 Å². The first kappa shape index (κ1) is 7.56. The summed E-state index contributed by atoms with van der Waals surface area (Å²) in [6, 6.07) is 0. The van der Waals surface area contributed by atoms with E-state index in [4.69, 9.17) is 0 Å². The first-order chi connectivity index (χ1) is 5.27. The van der Waals surface area contributed by atoms with Crippen LogP contribution in [-0.2, 0) is 0 Å². The molecule has 0 aromatic carbocycles. The first-order valence-electron chi connectivity index (χ1n) is 4.70. The fourth-order valence-corrected chi connectivity index (χ4v) is 2.48. The normalized spacial score (nSPS) is 31.1. The average Bonchev–Trinajstić information content (AvgIpc) is 2.27. The zero-order chi connectivity index (χ0) is 7.90. The highest BCUT2D eigenvalue weighted by Gasteiger charge is 2.47. The Balaban J connectivity index is 1.94. The van der Waals surface area contributed by atoms with Gasteiger partial charge in [0.15, 0.2) is 0 Å². The minimum absolute atomic E-state index is 0.607. The van der Waals surface area contributed by atoms with Gasteiger partial charge in [0.25, 0.3) is 0 Å². The van der Waals surface area contributed by atoms with E-state index in [2.05, 4.69) is 23.8 Å². The molecule has 0 N–H and O–H groups in total. The second-order valence-corrected chi connectivity index (χ2v) is 4.05. The standard InChI is InChI=1S/C9H18N2/c1-3-11-7-9(8-11)5-4-6-10(9)2/h3-8H2,1-2H3. The second-order valence-electron chi connectivity index (χ2n) is 4.05. The van der Waals surface area contributed by atoms with E-state index < -0.39 is 0 Å². The quantitative estimate of drug-likeness (QED) is 0.551. The molecule has 0 aromatic rings. The molecule has 64 valence electrons. The molecule has 2 heteroatoms. The maximum absolute atomic E-state index is 2.55. The van der Waals surface area contributed by atoms with Gasteiger partial charge in [0.2, 0.25) is 0 Å². The third kappa shape index (κ3) is 1.00. The molecule has 0 unspecified atom stereocenters. The number of likely N-dealkylation sites (tertiary alicyclic amines) is 2. The second kappa shape index (κ2) is 2.46.